The van der Waals surface area contributed by atoms with Gasteiger partial charge in [-0.15, -0.1) is 0 Å². The van der Waals surface area contributed by atoms with Gasteiger partial charge in [0.05, 0.1) is 0 Å². The molecule has 0 bridgehead atoms. The SMILES string of the molecule is O=c1cc(-c2cc(O)cc(F)c2)[nH]c2ccc(N3CCCC3)cc12.[HH]. The van der Waals surface area contributed by atoms with Crippen LogP contribution in [-0.4, -0.2) is 23.2 Å². The van der Waals surface area contributed by atoms with E-state index in [4.69, 9.17) is 0 Å². The quantitative estimate of drug-likeness (QED) is 0.751. The predicted octanol–water partition coefficient (Wildman–Crippen LogP) is 3.89. The van der Waals surface area contributed by atoms with Gasteiger partial charge in [-0.2, -0.15) is 0 Å². The van der Waals surface area contributed by atoms with Crippen molar-refractivity contribution in [3.8, 4) is 17.0 Å². The van der Waals surface area contributed by atoms with Crippen LogP contribution in [0, 0.1) is 5.82 Å². The van der Waals surface area contributed by atoms with Crippen LogP contribution in [0.15, 0.2) is 47.3 Å². The Kier molecular flexibility index (Phi) is 3.49. The van der Waals surface area contributed by atoms with Crippen LogP contribution in [-0.2, 0) is 0 Å². The Morgan fingerprint density at radius 3 is 2.62 bits per heavy atom. The third-order valence-corrected chi connectivity index (χ3v) is 4.48. The van der Waals surface area contributed by atoms with Gasteiger partial charge in [-0.1, -0.05) is 0 Å². The number of hydrogen-bond donors (Lipinski definition) is 2. The van der Waals surface area contributed by atoms with Gasteiger partial charge in [0, 0.05) is 54.5 Å². The first kappa shape index (κ1) is 14.8. The van der Waals surface area contributed by atoms with Gasteiger partial charge >= 0.3 is 0 Å². The maximum Gasteiger partial charge on any atom is 0.190 e. The highest BCUT2D eigenvalue weighted by Gasteiger charge is 2.14. The maximum atomic E-state index is 13.5. The van der Waals surface area contributed by atoms with E-state index in [-0.39, 0.29) is 12.6 Å². The summed E-state index contributed by atoms with van der Waals surface area (Å²) in [7, 11) is 0. The number of phenols is 1. The summed E-state index contributed by atoms with van der Waals surface area (Å²) < 4.78 is 13.5. The molecule has 0 unspecified atom stereocenters. The largest absolute Gasteiger partial charge is 0.508 e. The summed E-state index contributed by atoms with van der Waals surface area (Å²) in [5, 5.41) is 10.2. The van der Waals surface area contributed by atoms with Crippen LogP contribution < -0.4 is 10.3 Å². The van der Waals surface area contributed by atoms with Crippen LogP contribution in [0.2, 0.25) is 0 Å². The lowest BCUT2D eigenvalue weighted by Crippen LogP contribution is -2.17. The van der Waals surface area contributed by atoms with Gasteiger partial charge in [0.1, 0.15) is 11.6 Å². The first-order valence-electron chi connectivity index (χ1n) is 8.02. The summed E-state index contributed by atoms with van der Waals surface area (Å²) in [5.74, 6) is -0.717. The Balaban J connectivity index is 0.00000182. The summed E-state index contributed by atoms with van der Waals surface area (Å²) in [6.45, 7) is 2.04. The number of aromatic nitrogens is 1. The fraction of sp³-hybridized carbons (Fsp3) is 0.211. The van der Waals surface area contributed by atoms with Gasteiger partial charge < -0.3 is 15.0 Å². The summed E-state index contributed by atoms with van der Waals surface area (Å²) >= 11 is 0. The second-order valence-electron chi connectivity index (χ2n) is 6.17. The van der Waals surface area contributed by atoms with E-state index in [0.29, 0.717) is 22.2 Å². The number of phenolic OH excluding ortho intramolecular Hbond substituents is 1. The second-order valence-corrected chi connectivity index (χ2v) is 6.17. The van der Waals surface area contributed by atoms with Crippen molar-refractivity contribution in [3.63, 3.8) is 0 Å². The summed E-state index contributed by atoms with van der Waals surface area (Å²) in [4.78, 5) is 18.0. The summed E-state index contributed by atoms with van der Waals surface area (Å²) in [6.07, 6.45) is 2.35. The first-order chi connectivity index (χ1) is 11.6. The van der Waals surface area contributed by atoms with Crippen molar-refractivity contribution in [1.29, 1.82) is 0 Å². The van der Waals surface area contributed by atoms with E-state index in [1.165, 1.54) is 31.0 Å². The average Bonchev–Trinajstić information content (AvgIpc) is 3.08. The number of halogens is 1. The third-order valence-electron chi connectivity index (χ3n) is 4.48. The highest BCUT2D eigenvalue weighted by molar-refractivity contribution is 5.85. The van der Waals surface area contributed by atoms with Crippen molar-refractivity contribution in [2.75, 3.05) is 18.0 Å². The Morgan fingerprint density at radius 1 is 1.08 bits per heavy atom. The molecule has 124 valence electrons. The van der Waals surface area contributed by atoms with Crippen LogP contribution in [0.3, 0.4) is 0 Å². The Labute approximate surface area is 139 Å². The van der Waals surface area contributed by atoms with Gasteiger partial charge in [-0.05, 0) is 43.2 Å². The normalized spacial score (nSPS) is 14.5. The number of hydrogen-bond acceptors (Lipinski definition) is 3. The Bertz CT molecular complexity index is 961. The molecule has 2 aromatic carbocycles. The van der Waals surface area contributed by atoms with Gasteiger partial charge in [0.2, 0.25) is 0 Å². The molecule has 2 heterocycles. The van der Waals surface area contributed by atoms with Gasteiger partial charge in [-0.3, -0.25) is 4.79 Å². The molecule has 0 amide bonds. The van der Waals surface area contributed by atoms with Gasteiger partial charge in [0.15, 0.2) is 5.43 Å². The number of nitrogens with zero attached hydrogens (tertiary/aromatic N) is 1. The number of aromatic hydroxyl groups is 1. The van der Waals surface area contributed by atoms with Crippen molar-refractivity contribution in [1.82, 2.24) is 4.98 Å². The molecule has 1 saturated heterocycles. The van der Waals surface area contributed by atoms with E-state index < -0.39 is 5.82 Å². The zero-order valence-electron chi connectivity index (χ0n) is 13.1. The van der Waals surface area contributed by atoms with E-state index >= 15 is 0 Å². The van der Waals surface area contributed by atoms with Crippen LogP contribution in [0.5, 0.6) is 5.75 Å². The number of pyridine rings is 1. The van der Waals surface area contributed by atoms with Gasteiger partial charge in [-0.25, -0.2) is 4.39 Å². The van der Waals surface area contributed by atoms with Crippen LogP contribution in [0.4, 0.5) is 10.1 Å². The molecule has 1 aromatic heterocycles. The number of anilines is 1. The van der Waals surface area contributed by atoms with E-state index in [1.807, 2.05) is 18.2 Å². The molecular formula is C19H19FN2O2. The lowest BCUT2D eigenvalue weighted by molar-refractivity contribution is 0.469. The monoisotopic (exact) mass is 326 g/mol. The zero-order valence-corrected chi connectivity index (χ0v) is 13.1. The molecule has 0 aliphatic carbocycles. The summed E-state index contributed by atoms with van der Waals surface area (Å²) in [6, 6.07) is 11.0. The van der Waals surface area contributed by atoms with Gasteiger partial charge in [0.25, 0.3) is 0 Å². The molecule has 1 aliphatic rings. The molecule has 1 fully saturated rings. The smallest absolute Gasteiger partial charge is 0.190 e. The number of H-pyrrole nitrogens is 1. The standard InChI is InChI=1S/C19H17FN2O2.H2/c20-13-7-12(8-15(23)9-13)18-11-19(24)16-10-14(3-4-17(16)21-18)22-5-1-2-6-22;/h3-4,7-11,23H,1-2,5-6H2,(H,21,24);1H. The number of rotatable bonds is 2. The van der Waals surface area contributed by atoms with Crippen molar-refractivity contribution in [2.45, 2.75) is 12.8 Å². The lowest BCUT2D eigenvalue weighted by atomic mass is 10.1. The van der Waals surface area contributed by atoms with E-state index in [1.54, 1.807) is 0 Å². The van der Waals surface area contributed by atoms with Crippen molar-refractivity contribution in [3.05, 3.63) is 58.5 Å². The molecule has 24 heavy (non-hydrogen) atoms. The highest BCUT2D eigenvalue weighted by Crippen LogP contribution is 2.26. The fourth-order valence-electron chi connectivity index (χ4n) is 3.29. The van der Waals surface area contributed by atoms with E-state index in [0.717, 1.165) is 24.8 Å². The van der Waals surface area contributed by atoms with E-state index in [2.05, 4.69) is 9.88 Å². The average molecular weight is 326 g/mol. The number of benzene rings is 2. The molecule has 0 radical (unpaired) electrons. The number of fused-ring (bicyclic) bond motifs is 1. The van der Waals surface area contributed by atoms with E-state index in [9.17, 15) is 14.3 Å². The Morgan fingerprint density at radius 2 is 1.88 bits per heavy atom. The van der Waals surface area contributed by atoms with Crippen LogP contribution in [0.25, 0.3) is 22.2 Å². The van der Waals surface area contributed by atoms with Crippen molar-refractivity contribution in [2.24, 2.45) is 0 Å². The van der Waals surface area contributed by atoms with Crippen molar-refractivity contribution < 1.29 is 10.9 Å². The van der Waals surface area contributed by atoms with Crippen LogP contribution >= 0.6 is 0 Å². The molecule has 4 nitrogen and oxygen atoms in total. The number of nitrogens with one attached hydrogen (secondary N) is 1. The molecule has 1 aliphatic heterocycles. The van der Waals surface area contributed by atoms with Crippen LogP contribution in [0.1, 0.15) is 14.3 Å². The van der Waals surface area contributed by atoms with Crippen molar-refractivity contribution >= 4 is 16.6 Å². The highest BCUT2D eigenvalue weighted by atomic mass is 19.1. The molecule has 0 saturated carbocycles. The minimum atomic E-state index is -0.546. The minimum absolute atomic E-state index is 0. The third kappa shape index (κ3) is 2.62. The fourth-order valence-corrected chi connectivity index (χ4v) is 3.29. The molecule has 4 rings (SSSR count). The first-order valence-corrected chi connectivity index (χ1v) is 8.02. The topological polar surface area (TPSA) is 56.3 Å². The Hall–Kier alpha value is -2.82. The molecular weight excluding hydrogens is 307 g/mol. The number of aromatic amines is 1. The maximum absolute atomic E-state index is 13.5. The summed E-state index contributed by atoms with van der Waals surface area (Å²) in [5.41, 5.74) is 2.56. The molecule has 2 N–H and O–H groups in total. The molecule has 5 heteroatoms. The molecule has 0 spiro atoms. The molecule has 3 aromatic rings. The zero-order chi connectivity index (χ0) is 16.7. The molecule has 0 atom stereocenters. The lowest BCUT2D eigenvalue weighted by Gasteiger charge is -2.18. The second kappa shape index (κ2) is 5.67. The predicted molar refractivity (Wildman–Crippen MR) is 95.2 cm³/mol. The minimum Gasteiger partial charge on any atom is -0.508 e.